The van der Waals surface area contributed by atoms with Crippen LogP contribution in [-0.4, -0.2) is 16.9 Å². The Bertz CT molecular complexity index is 741. The van der Waals surface area contributed by atoms with Gasteiger partial charge in [-0.15, -0.1) is 0 Å². The van der Waals surface area contributed by atoms with Gasteiger partial charge in [-0.05, 0) is 86.7 Å². The van der Waals surface area contributed by atoms with Crippen molar-refractivity contribution in [2.75, 3.05) is 10.6 Å². The highest BCUT2D eigenvalue weighted by atomic mass is 32.1. The number of rotatable bonds is 4. The first-order valence-corrected chi connectivity index (χ1v) is 10.4. The standard InChI is InChI=1S/C21H27N3O2S/c1-2-18(25)22-16-4-3-5-17(9-16)23-20(27)24-19(26)21-10-13-6-14(11-21)8-15(7-13)12-21/h3-5,9,13-15H,2,6-8,10-12H2,1H3,(H,22,25)(H2,23,24,26,27). The number of carbonyl (C=O) groups is 2. The van der Waals surface area contributed by atoms with Crippen LogP contribution in [-0.2, 0) is 9.59 Å². The van der Waals surface area contributed by atoms with E-state index in [1.54, 1.807) is 0 Å². The van der Waals surface area contributed by atoms with E-state index in [0.717, 1.165) is 42.7 Å². The number of hydrogen-bond donors (Lipinski definition) is 3. The van der Waals surface area contributed by atoms with Crippen molar-refractivity contribution in [3.05, 3.63) is 24.3 Å². The molecule has 0 radical (unpaired) electrons. The third-order valence-corrected chi connectivity index (χ3v) is 6.68. The maximum Gasteiger partial charge on any atom is 0.232 e. The molecular formula is C21H27N3O2S. The van der Waals surface area contributed by atoms with Crippen molar-refractivity contribution in [1.82, 2.24) is 5.32 Å². The summed E-state index contributed by atoms with van der Waals surface area (Å²) in [6, 6.07) is 7.36. The predicted molar refractivity (Wildman–Crippen MR) is 110 cm³/mol. The van der Waals surface area contributed by atoms with Gasteiger partial charge in [0.25, 0.3) is 0 Å². The molecule has 0 unspecified atom stereocenters. The minimum Gasteiger partial charge on any atom is -0.332 e. The van der Waals surface area contributed by atoms with E-state index in [0.29, 0.717) is 17.2 Å². The van der Waals surface area contributed by atoms with Gasteiger partial charge in [0.05, 0.1) is 5.41 Å². The van der Waals surface area contributed by atoms with Crippen molar-refractivity contribution in [3.63, 3.8) is 0 Å². The number of hydrogen-bond acceptors (Lipinski definition) is 3. The summed E-state index contributed by atoms with van der Waals surface area (Å²) >= 11 is 5.39. The average Bonchev–Trinajstić information content (AvgIpc) is 2.60. The van der Waals surface area contributed by atoms with Gasteiger partial charge in [-0.1, -0.05) is 13.0 Å². The molecule has 0 spiro atoms. The van der Waals surface area contributed by atoms with Gasteiger partial charge < -0.3 is 16.0 Å². The number of nitrogens with one attached hydrogen (secondary N) is 3. The normalized spacial score (nSPS) is 30.6. The fourth-order valence-corrected chi connectivity index (χ4v) is 5.92. The molecule has 3 N–H and O–H groups in total. The van der Waals surface area contributed by atoms with E-state index in [1.807, 2.05) is 31.2 Å². The van der Waals surface area contributed by atoms with Gasteiger partial charge in [-0.25, -0.2) is 0 Å². The highest BCUT2D eigenvalue weighted by Crippen LogP contribution is 2.60. The van der Waals surface area contributed by atoms with Gasteiger partial charge in [-0.2, -0.15) is 0 Å². The Balaban J connectivity index is 1.38. The SMILES string of the molecule is CCC(=O)Nc1cccc(NC(=S)NC(=O)C23CC4CC(CC(C4)C2)C3)c1. The molecule has 0 heterocycles. The van der Waals surface area contributed by atoms with E-state index in [4.69, 9.17) is 12.2 Å². The van der Waals surface area contributed by atoms with Crippen LogP contribution in [0.2, 0.25) is 0 Å². The van der Waals surface area contributed by atoms with Crippen molar-refractivity contribution in [3.8, 4) is 0 Å². The Morgan fingerprint density at radius 2 is 1.59 bits per heavy atom. The summed E-state index contributed by atoms with van der Waals surface area (Å²) in [5.41, 5.74) is 1.25. The second-order valence-corrected chi connectivity index (χ2v) is 9.00. The number of carbonyl (C=O) groups excluding carboxylic acids is 2. The lowest BCUT2D eigenvalue weighted by Gasteiger charge is -2.55. The minimum atomic E-state index is -0.211. The van der Waals surface area contributed by atoms with Crippen molar-refractivity contribution in [1.29, 1.82) is 0 Å². The second-order valence-electron chi connectivity index (χ2n) is 8.59. The van der Waals surface area contributed by atoms with Crippen LogP contribution in [0, 0.1) is 23.2 Å². The fourth-order valence-electron chi connectivity index (χ4n) is 5.71. The Labute approximate surface area is 165 Å². The molecule has 0 aliphatic heterocycles. The van der Waals surface area contributed by atoms with Crippen molar-refractivity contribution in [2.45, 2.75) is 51.9 Å². The molecule has 5 rings (SSSR count). The smallest absolute Gasteiger partial charge is 0.232 e. The molecule has 1 aromatic rings. The van der Waals surface area contributed by atoms with Crippen LogP contribution in [0.5, 0.6) is 0 Å². The van der Waals surface area contributed by atoms with Crippen LogP contribution in [0.1, 0.15) is 51.9 Å². The van der Waals surface area contributed by atoms with E-state index < -0.39 is 0 Å². The first kappa shape index (κ1) is 18.4. The first-order chi connectivity index (χ1) is 13.0. The summed E-state index contributed by atoms with van der Waals surface area (Å²) in [6.45, 7) is 1.81. The van der Waals surface area contributed by atoms with E-state index in [-0.39, 0.29) is 17.2 Å². The molecular weight excluding hydrogens is 358 g/mol. The van der Waals surface area contributed by atoms with Gasteiger partial charge in [0.2, 0.25) is 11.8 Å². The first-order valence-electron chi connectivity index (χ1n) is 9.98. The second kappa shape index (κ2) is 7.23. The van der Waals surface area contributed by atoms with Gasteiger partial charge in [0.15, 0.2) is 5.11 Å². The molecule has 4 aliphatic carbocycles. The number of anilines is 2. The van der Waals surface area contributed by atoms with E-state index >= 15 is 0 Å². The molecule has 4 aliphatic rings. The Kier molecular flexibility index (Phi) is 4.93. The Morgan fingerprint density at radius 1 is 1.04 bits per heavy atom. The van der Waals surface area contributed by atoms with Gasteiger partial charge in [-0.3, -0.25) is 9.59 Å². The zero-order valence-corrected chi connectivity index (χ0v) is 16.5. The molecule has 0 aromatic heterocycles. The third-order valence-electron chi connectivity index (χ3n) is 6.47. The third kappa shape index (κ3) is 3.86. The number of benzene rings is 1. The molecule has 2 amide bonds. The maximum absolute atomic E-state index is 13.1. The lowest BCUT2D eigenvalue weighted by atomic mass is 9.49. The lowest BCUT2D eigenvalue weighted by molar-refractivity contribution is -0.144. The van der Waals surface area contributed by atoms with E-state index in [9.17, 15) is 9.59 Å². The van der Waals surface area contributed by atoms with Gasteiger partial charge in [0.1, 0.15) is 0 Å². The van der Waals surface area contributed by atoms with Crippen LogP contribution in [0.15, 0.2) is 24.3 Å². The van der Waals surface area contributed by atoms with Crippen molar-refractivity contribution in [2.24, 2.45) is 23.2 Å². The fraction of sp³-hybridized carbons (Fsp3) is 0.571. The zero-order chi connectivity index (χ0) is 19.0. The molecule has 0 atom stereocenters. The highest BCUT2D eigenvalue weighted by Gasteiger charge is 2.54. The average molecular weight is 386 g/mol. The maximum atomic E-state index is 13.1. The molecule has 4 saturated carbocycles. The largest absolute Gasteiger partial charge is 0.332 e. The van der Waals surface area contributed by atoms with Crippen LogP contribution in [0.3, 0.4) is 0 Å². The summed E-state index contributed by atoms with van der Waals surface area (Å²) in [5.74, 6) is 2.23. The minimum absolute atomic E-state index is 0.0372. The summed E-state index contributed by atoms with van der Waals surface area (Å²) in [4.78, 5) is 24.6. The predicted octanol–water partition coefficient (Wildman–Crippen LogP) is 4.06. The van der Waals surface area contributed by atoms with Gasteiger partial charge >= 0.3 is 0 Å². The summed E-state index contributed by atoms with van der Waals surface area (Å²) in [6.07, 6.45) is 7.42. The molecule has 4 bridgehead atoms. The molecule has 27 heavy (non-hydrogen) atoms. The summed E-state index contributed by atoms with van der Waals surface area (Å²) in [7, 11) is 0. The van der Waals surface area contributed by atoms with E-state index in [2.05, 4.69) is 16.0 Å². The molecule has 4 fully saturated rings. The monoisotopic (exact) mass is 385 g/mol. The molecule has 0 saturated heterocycles. The Morgan fingerprint density at radius 3 is 2.15 bits per heavy atom. The number of amides is 2. The van der Waals surface area contributed by atoms with Crippen LogP contribution in [0.4, 0.5) is 11.4 Å². The quantitative estimate of drug-likeness (QED) is 0.684. The van der Waals surface area contributed by atoms with Crippen LogP contribution < -0.4 is 16.0 Å². The highest BCUT2D eigenvalue weighted by molar-refractivity contribution is 7.80. The Hall–Kier alpha value is -1.95. The van der Waals surface area contributed by atoms with Crippen molar-refractivity contribution < 1.29 is 9.59 Å². The molecule has 1 aromatic carbocycles. The van der Waals surface area contributed by atoms with Crippen LogP contribution in [0.25, 0.3) is 0 Å². The zero-order valence-electron chi connectivity index (χ0n) is 15.7. The molecule has 6 heteroatoms. The van der Waals surface area contributed by atoms with E-state index in [1.165, 1.54) is 19.3 Å². The van der Waals surface area contributed by atoms with Gasteiger partial charge in [0, 0.05) is 17.8 Å². The number of thiocarbonyl (C=S) groups is 1. The van der Waals surface area contributed by atoms with Crippen LogP contribution >= 0.6 is 12.2 Å². The molecule has 144 valence electrons. The lowest BCUT2D eigenvalue weighted by Crippen LogP contribution is -2.55. The molecule has 5 nitrogen and oxygen atoms in total. The summed E-state index contributed by atoms with van der Waals surface area (Å²) < 4.78 is 0. The summed E-state index contributed by atoms with van der Waals surface area (Å²) in [5, 5.41) is 9.19. The van der Waals surface area contributed by atoms with Crippen molar-refractivity contribution >= 4 is 40.5 Å². The topological polar surface area (TPSA) is 70.2 Å².